The van der Waals surface area contributed by atoms with Crippen molar-refractivity contribution in [1.29, 1.82) is 0 Å². The molecule has 3 aromatic rings. The Balaban J connectivity index is 1.83. The van der Waals surface area contributed by atoms with Crippen molar-refractivity contribution in [3.05, 3.63) is 69.8 Å². The number of anilines is 1. The van der Waals surface area contributed by atoms with E-state index >= 15 is 0 Å². The van der Waals surface area contributed by atoms with Crippen LogP contribution in [0.15, 0.2) is 41.3 Å². The number of hydrogen-bond donors (Lipinski definition) is 3. The molecule has 220 valence electrons. The van der Waals surface area contributed by atoms with Gasteiger partial charge in [-0.1, -0.05) is 19.9 Å². The summed E-state index contributed by atoms with van der Waals surface area (Å²) < 4.78 is 20.6. The lowest BCUT2D eigenvalue weighted by Gasteiger charge is -2.18. The molecule has 0 fully saturated rings. The van der Waals surface area contributed by atoms with Crippen LogP contribution in [0.4, 0.5) is 14.9 Å². The van der Waals surface area contributed by atoms with E-state index in [1.807, 2.05) is 0 Å². The number of allylic oxidation sites excluding steroid dienone is 1. The summed E-state index contributed by atoms with van der Waals surface area (Å²) in [5, 5.41) is 5.47. The molecular weight excluding hydrogens is 531 g/mol. The maximum Gasteiger partial charge on any atom is 0.407 e. The fraction of sp³-hybridized carbons (Fsp3) is 0.414. The normalized spacial score (nSPS) is 12.1. The summed E-state index contributed by atoms with van der Waals surface area (Å²) in [5.74, 6) is -0.961. The van der Waals surface area contributed by atoms with E-state index in [1.54, 1.807) is 39.2 Å². The summed E-state index contributed by atoms with van der Waals surface area (Å²) in [6.07, 6.45) is 4.52. The summed E-state index contributed by atoms with van der Waals surface area (Å²) in [6.45, 7) is 5.97. The minimum Gasteiger partial charge on any atom is -0.453 e. The molecule has 0 spiro atoms. The van der Waals surface area contributed by atoms with Gasteiger partial charge in [0.2, 0.25) is 11.8 Å². The number of ether oxygens (including phenoxy) is 1. The minimum atomic E-state index is -1.03. The number of aryl methyl sites for hydroxylation is 1. The number of fused-ring (bicyclic) bond motifs is 1. The van der Waals surface area contributed by atoms with Crippen LogP contribution in [0.1, 0.15) is 43.8 Å². The first-order chi connectivity index (χ1) is 19.4. The highest BCUT2D eigenvalue weighted by Crippen LogP contribution is 2.23. The fourth-order valence-electron chi connectivity index (χ4n) is 4.24. The topological polar surface area (TPSA) is 138 Å². The third-order valence-corrected chi connectivity index (χ3v) is 6.45. The Morgan fingerprint density at radius 1 is 1.24 bits per heavy atom. The number of halogens is 1. The molecule has 41 heavy (non-hydrogen) atoms. The second kappa shape index (κ2) is 13.7. The number of aromatic amines is 1. The van der Waals surface area contributed by atoms with Gasteiger partial charge in [0.05, 0.1) is 31.1 Å². The van der Waals surface area contributed by atoms with Crippen molar-refractivity contribution in [3.8, 4) is 0 Å². The molecule has 0 aromatic carbocycles. The van der Waals surface area contributed by atoms with E-state index in [4.69, 9.17) is 0 Å². The first-order valence-corrected chi connectivity index (χ1v) is 13.3. The molecule has 3 N–H and O–H groups in total. The standard InChI is InChI=1S/C29H37FN6O5/c1-17(2)13-24-26-20(21(30)15-31-24)14-19(32-26)16-36-18(3)11-12-23(28(36)39)33-27(38)22(34-29(40)41-6)9-7-8-10-25(37)35(4)5/h8,10-12,14-15,17,22,32H,7,9,13,16H2,1-6H3,(H,33,38)(H,34,40)/b10-8+/t22-/m0/s1. The van der Waals surface area contributed by atoms with Gasteiger partial charge in [-0.2, -0.15) is 0 Å². The fourth-order valence-corrected chi connectivity index (χ4v) is 4.24. The summed E-state index contributed by atoms with van der Waals surface area (Å²) in [7, 11) is 4.41. The SMILES string of the molecule is COC(=O)N[C@@H](CC/C=C/C(=O)N(C)C)C(=O)Nc1ccc(C)n(Cc2cc3c(F)cnc(CC(C)C)c3[nH]2)c1=O. The Morgan fingerprint density at radius 3 is 2.63 bits per heavy atom. The van der Waals surface area contributed by atoms with Gasteiger partial charge >= 0.3 is 6.09 Å². The quantitative estimate of drug-likeness (QED) is 0.303. The van der Waals surface area contributed by atoms with E-state index in [1.165, 1.54) is 34.9 Å². The van der Waals surface area contributed by atoms with Crippen molar-refractivity contribution in [3.63, 3.8) is 0 Å². The van der Waals surface area contributed by atoms with Gasteiger partial charge in [0.25, 0.3) is 5.56 Å². The number of methoxy groups -OCH3 is 1. The molecular formula is C29H37FN6O5. The summed E-state index contributed by atoms with van der Waals surface area (Å²) in [4.78, 5) is 59.0. The van der Waals surface area contributed by atoms with Gasteiger partial charge < -0.3 is 29.8 Å². The minimum absolute atomic E-state index is 0.0139. The molecule has 0 saturated carbocycles. The Labute approximate surface area is 237 Å². The van der Waals surface area contributed by atoms with Gasteiger partial charge in [-0.05, 0) is 56.4 Å². The van der Waals surface area contributed by atoms with Crippen molar-refractivity contribution in [2.75, 3.05) is 26.5 Å². The predicted octanol–water partition coefficient (Wildman–Crippen LogP) is 3.51. The monoisotopic (exact) mass is 568 g/mol. The lowest BCUT2D eigenvalue weighted by molar-refractivity contribution is -0.123. The summed E-state index contributed by atoms with van der Waals surface area (Å²) >= 11 is 0. The van der Waals surface area contributed by atoms with Crippen molar-refractivity contribution < 1.29 is 23.5 Å². The van der Waals surface area contributed by atoms with Crippen LogP contribution in [0.2, 0.25) is 0 Å². The summed E-state index contributed by atoms with van der Waals surface area (Å²) in [5.41, 5.74) is 2.13. The lowest BCUT2D eigenvalue weighted by atomic mass is 10.1. The molecule has 3 heterocycles. The zero-order chi connectivity index (χ0) is 30.3. The zero-order valence-electron chi connectivity index (χ0n) is 24.2. The highest BCUT2D eigenvalue weighted by Gasteiger charge is 2.22. The lowest BCUT2D eigenvalue weighted by Crippen LogP contribution is -2.44. The van der Waals surface area contributed by atoms with Crippen LogP contribution in [0, 0.1) is 18.7 Å². The van der Waals surface area contributed by atoms with Crippen LogP contribution >= 0.6 is 0 Å². The van der Waals surface area contributed by atoms with Crippen LogP contribution in [0.25, 0.3) is 10.9 Å². The van der Waals surface area contributed by atoms with Crippen LogP contribution < -0.4 is 16.2 Å². The molecule has 12 heteroatoms. The van der Waals surface area contributed by atoms with E-state index in [0.717, 1.165) is 5.69 Å². The molecule has 0 radical (unpaired) electrons. The van der Waals surface area contributed by atoms with E-state index in [9.17, 15) is 23.6 Å². The molecule has 0 saturated heterocycles. The summed E-state index contributed by atoms with van der Waals surface area (Å²) in [6, 6.07) is 3.81. The van der Waals surface area contributed by atoms with Gasteiger partial charge in [0.1, 0.15) is 11.7 Å². The first-order valence-electron chi connectivity index (χ1n) is 13.3. The van der Waals surface area contributed by atoms with Gasteiger partial charge in [0.15, 0.2) is 5.82 Å². The molecule has 3 aromatic heterocycles. The highest BCUT2D eigenvalue weighted by molar-refractivity contribution is 5.96. The molecule has 11 nitrogen and oxygen atoms in total. The molecule has 0 aliphatic heterocycles. The molecule has 0 unspecified atom stereocenters. The Hall–Kier alpha value is -4.48. The number of likely N-dealkylation sites (N-methyl/N-ethyl adjacent to an activating group) is 1. The number of carbonyl (C=O) groups is 3. The Bertz CT molecular complexity index is 1510. The maximum absolute atomic E-state index is 14.5. The molecule has 3 amide bonds. The number of hydrogen-bond acceptors (Lipinski definition) is 6. The van der Waals surface area contributed by atoms with E-state index in [0.29, 0.717) is 41.1 Å². The second-order valence-corrected chi connectivity index (χ2v) is 10.4. The third-order valence-electron chi connectivity index (χ3n) is 6.45. The molecule has 0 bridgehead atoms. The third kappa shape index (κ3) is 8.03. The average molecular weight is 569 g/mol. The van der Waals surface area contributed by atoms with E-state index < -0.39 is 29.4 Å². The van der Waals surface area contributed by atoms with Gasteiger partial charge in [0, 0.05) is 30.9 Å². The van der Waals surface area contributed by atoms with Gasteiger partial charge in [-0.3, -0.25) is 19.4 Å². The van der Waals surface area contributed by atoms with Crippen molar-refractivity contribution in [1.82, 2.24) is 24.8 Å². The number of aromatic nitrogens is 3. The van der Waals surface area contributed by atoms with Crippen molar-refractivity contribution in [2.24, 2.45) is 5.92 Å². The molecule has 3 rings (SSSR count). The molecule has 1 atom stereocenters. The second-order valence-electron chi connectivity index (χ2n) is 10.4. The average Bonchev–Trinajstić information content (AvgIpc) is 3.36. The number of carbonyl (C=O) groups excluding carboxylic acids is 3. The Kier molecular flexibility index (Phi) is 10.4. The van der Waals surface area contributed by atoms with E-state index in [2.05, 4.69) is 39.2 Å². The van der Waals surface area contributed by atoms with Crippen LogP contribution in [0.5, 0.6) is 0 Å². The van der Waals surface area contributed by atoms with Crippen molar-refractivity contribution >= 4 is 34.5 Å². The first kappa shape index (κ1) is 31.1. The van der Waals surface area contributed by atoms with Gasteiger partial charge in [-0.25, -0.2) is 9.18 Å². The number of amides is 3. The molecule has 0 aliphatic rings. The number of H-pyrrole nitrogens is 1. The number of nitrogens with zero attached hydrogens (tertiary/aromatic N) is 3. The van der Waals surface area contributed by atoms with Crippen LogP contribution in [-0.4, -0.2) is 64.6 Å². The van der Waals surface area contributed by atoms with Gasteiger partial charge in [-0.15, -0.1) is 0 Å². The van der Waals surface area contributed by atoms with Crippen LogP contribution in [-0.2, 0) is 27.3 Å². The number of rotatable bonds is 11. The van der Waals surface area contributed by atoms with Crippen molar-refractivity contribution in [2.45, 2.75) is 52.6 Å². The number of nitrogens with one attached hydrogen (secondary N) is 3. The van der Waals surface area contributed by atoms with E-state index in [-0.39, 0.29) is 24.6 Å². The number of pyridine rings is 2. The maximum atomic E-state index is 14.5. The molecule has 0 aliphatic carbocycles. The smallest absolute Gasteiger partial charge is 0.407 e. The number of alkyl carbamates (subject to hydrolysis) is 1. The largest absolute Gasteiger partial charge is 0.453 e. The zero-order valence-corrected chi connectivity index (χ0v) is 24.2. The van der Waals surface area contributed by atoms with Crippen LogP contribution in [0.3, 0.4) is 0 Å². The Morgan fingerprint density at radius 2 is 1.98 bits per heavy atom. The predicted molar refractivity (Wildman–Crippen MR) is 154 cm³/mol. The highest BCUT2D eigenvalue weighted by atomic mass is 19.1.